The number of hydrogen-bond acceptors (Lipinski definition) is 2. The average Bonchev–Trinajstić information content (AvgIpc) is 2.69. The van der Waals surface area contributed by atoms with Crippen LogP contribution in [0.1, 0.15) is 17.0 Å². The highest BCUT2D eigenvalue weighted by Crippen LogP contribution is 2.36. The highest BCUT2D eigenvalue weighted by atomic mass is 19.1. The fourth-order valence-corrected chi connectivity index (χ4v) is 2.22. The number of ether oxygens (including phenoxy) is 1. The Morgan fingerprint density at radius 1 is 1.06 bits per heavy atom. The number of rotatable bonds is 2. The molecule has 0 spiro atoms. The van der Waals surface area contributed by atoms with Crippen molar-refractivity contribution in [3.63, 3.8) is 0 Å². The Morgan fingerprint density at radius 3 is 2.56 bits per heavy atom. The first kappa shape index (κ1) is 11.0. The summed E-state index contributed by atoms with van der Waals surface area (Å²) in [6.45, 7) is 0. The third kappa shape index (κ3) is 1.88. The molecule has 3 rings (SSSR count). The van der Waals surface area contributed by atoms with E-state index in [1.165, 1.54) is 12.1 Å². The molecule has 0 aliphatic carbocycles. The zero-order chi connectivity index (χ0) is 12.5. The Bertz CT molecular complexity index is 590. The van der Waals surface area contributed by atoms with E-state index in [1.54, 1.807) is 18.2 Å². The highest BCUT2D eigenvalue weighted by molar-refractivity contribution is 5.86. The molecule has 0 aromatic heterocycles. The highest BCUT2D eigenvalue weighted by Gasteiger charge is 2.32. The number of benzene rings is 2. The molecule has 90 valence electrons. The lowest BCUT2D eigenvalue weighted by Gasteiger charge is -2.07. The zero-order valence-corrected chi connectivity index (χ0v) is 9.60. The van der Waals surface area contributed by atoms with Crippen LogP contribution in [0.2, 0.25) is 0 Å². The largest absolute Gasteiger partial charge is 0.426 e. The lowest BCUT2D eigenvalue weighted by Crippen LogP contribution is -2.12. The molecule has 0 bridgehead atoms. The lowest BCUT2D eigenvalue weighted by molar-refractivity contribution is -0.134. The second-order valence-electron chi connectivity index (χ2n) is 4.34. The van der Waals surface area contributed by atoms with Crippen molar-refractivity contribution in [2.75, 3.05) is 0 Å². The number of halogens is 1. The number of carbonyl (C=O) groups is 1. The van der Waals surface area contributed by atoms with Crippen LogP contribution in [0.15, 0.2) is 48.5 Å². The topological polar surface area (TPSA) is 26.3 Å². The van der Waals surface area contributed by atoms with Gasteiger partial charge in [-0.3, -0.25) is 4.79 Å². The van der Waals surface area contributed by atoms with E-state index in [1.807, 2.05) is 18.2 Å². The van der Waals surface area contributed by atoms with Gasteiger partial charge in [0.05, 0.1) is 5.92 Å². The van der Waals surface area contributed by atoms with E-state index in [-0.39, 0.29) is 17.7 Å². The van der Waals surface area contributed by atoms with Gasteiger partial charge < -0.3 is 4.74 Å². The van der Waals surface area contributed by atoms with Gasteiger partial charge in [-0.15, -0.1) is 0 Å². The van der Waals surface area contributed by atoms with Gasteiger partial charge in [-0.2, -0.15) is 0 Å². The van der Waals surface area contributed by atoms with Gasteiger partial charge in [-0.05, 0) is 30.2 Å². The summed E-state index contributed by atoms with van der Waals surface area (Å²) in [4.78, 5) is 11.8. The average molecular weight is 242 g/mol. The second-order valence-corrected chi connectivity index (χ2v) is 4.34. The minimum atomic E-state index is -0.285. The van der Waals surface area contributed by atoms with Crippen molar-refractivity contribution in [3.05, 3.63) is 65.5 Å². The third-order valence-electron chi connectivity index (χ3n) is 3.14. The van der Waals surface area contributed by atoms with E-state index in [0.717, 1.165) is 11.1 Å². The molecule has 1 atom stereocenters. The molecule has 1 aliphatic rings. The first-order valence-electron chi connectivity index (χ1n) is 5.79. The Morgan fingerprint density at radius 2 is 1.78 bits per heavy atom. The van der Waals surface area contributed by atoms with Crippen molar-refractivity contribution < 1.29 is 13.9 Å². The molecule has 18 heavy (non-hydrogen) atoms. The summed E-state index contributed by atoms with van der Waals surface area (Å²) < 4.78 is 18.0. The van der Waals surface area contributed by atoms with Crippen LogP contribution in [-0.4, -0.2) is 5.97 Å². The predicted octanol–water partition coefficient (Wildman–Crippen LogP) is 3.07. The van der Waals surface area contributed by atoms with E-state index < -0.39 is 0 Å². The van der Waals surface area contributed by atoms with Gasteiger partial charge in [0.15, 0.2) is 0 Å². The first-order valence-corrected chi connectivity index (χ1v) is 5.79. The van der Waals surface area contributed by atoms with Gasteiger partial charge in [0.25, 0.3) is 0 Å². The summed E-state index contributed by atoms with van der Waals surface area (Å²) in [5.74, 6) is -0.157. The summed E-state index contributed by atoms with van der Waals surface area (Å²) in [6.07, 6.45) is 0.538. The molecule has 1 heterocycles. The Labute approximate surface area is 104 Å². The first-order chi connectivity index (χ1) is 8.74. The number of hydrogen-bond donors (Lipinski definition) is 0. The normalized spacial score (nSPS) is 17.4. The van der Waals surface area contributed by atoms with Gasteiger partial charge in [0, 0.05) is 5.56 Å². The van der Waals surface area contributed by atoms with E-state index in [4.69, 9.17) is 4.74 Å². The van der Waals surface area contributed by atoms with E-state index >= 15 is 0 Å². The fraction of sp³-hybridized carbons (Fsp3) is 0.133. The monoisotopic (exact) mass is 242 g/mol. The van der Waals surface area contributed by atoms with Crippen molar-refractivity contribution in [1.29, 1.82) is 0 Å². The SMILES string of the molecule is O=C1Oc2ccccc2C1Cc1ccc(F)cc1. The number of fused-ring (bicyclic) bond motifs is 1. The molecular formula is C15H11FO2. The van der Waals surface area contributed by atoms with Crippen LogP contribution in [0.4, 0.5) is 4.39 Å². The van der Waals surface area contributed by atoms with Crippen LogP contribution in [0, 0.1) is 5.82 Å². The molecule has 0 N–H and O–H groups in total. The standard InChI is InChI=1S/C15H11FO2/c16-11-7-5-10(6-8-11)9-13-12-3-1-2-4-14(12)18-15(13)17/h1-8,13H,9H2. The molecule has 0 amide bonds. The summed E-state index contributed by atoms with van der Waals surface area (Å²) in [6, 6.07) is 13.6. The Balaban J connectivity index is 1.89. The van der Waals surface area contributed by atoms with E-state index in [9.17, 15) is 9.18 Å². The van der Waals surface area contributed by atoms with Gasteiger partial charge in [0.2, 0.25) is 0 Å². The van der Waals surface area contributed by atoms with E-state index in [2.05, 4.69) is 0 Å². The van der Waals surface area contributed by atoms with Crippen LogP contribution < -0.4 is 4.74 Å². The van der Waals surface area contributed by atoms with Crippen LogP contribution in [0.3, 0.4) is 0 Å². The molecule has 0 fully saturated rings. The third-order valence-corrected chi connectivity index (χ3v) is 3.14. The fourth-order valence-electron chi connectivity index (χ4n) is 2.22. The summed E-state index contributed by atoms with van der Waals surface area (Å²) in [5.41, 5.74) is 1.84. The molecule has 3 heteroatoms. The lowest BCUT2D eigenvalue weighted by atomic mass is 9.93. The van der Waals surface area contributed by atoms with Gasteiger partial charge in [0.1, 0.15) is 11.6 Å². The molecular weight excluding hydrogens is 231 g/mol. The molecule has 2 aromatic rings. The van der Waals surface area contributed by atoms with Gasteiger partial charge >= 0.3 is 5.97 Å². The van der Waals surface area contributed by atoms with Crippen molar-refractivity contribution in [3.8, 4) is 5.75 Å². The van der Waals surface area contributed by atoms with Crippen LogP contribution >= 0.6 is 0 Å². The smallest absolute Gasteiger partial charge is 0.319 e. The minimum Gasteiger partial charge on any atom is -0.426 e. The second kappa shape index (κ2) is 4.26. The maximum atomic E-state index is 12.8. The Kier molecular flexibility index (Phi) is 2.59. The molecule has 2 aromatic carbocycles. The quantitative estimate of drug-likeness (QED) is 0.597. The number of carbonyl (C=O) groups excluding carboxylic acids is 1. The van der Waals surface area contributed by atoms with Gasteiger partial charge in [-0.1, -0.05) is 30.3 Å². The van der Waals surface area contributed by atoms with Gasteiger partial charge in [-0.25, -0.2) is 4.39 Å². The summed E-state index contributed by atoms with van der Waals surface area (Å²) in [7, 11) is 0. The van der Waals surface area contributed by atoms with Crippen LogP contribution in [0.5, 0.6) is 5.75 Å². The summed E-state index contributed by atoms with van der Waals surface area (Å²) in [5, 5.41) is 0. The van der Waals surface area contributed by atoms with Crippen molar-refractivity contribution in [2.45, 2.75) is 12.3 Å². The predicted molar refractivity (Wildman–Crippen MR) is 64.9 cm³/mol. The van der Waals surface area contributed by atoms with Crippen molar-refractivity contribution >= 4 is 5.97 Å². The molecule has 2 nitrogen and oxygen atoms in total. The maximum Gasteiger partial charge on any atom is 0.319 e. The maximum absolute atomic E-state index is 12.8. The molecule has 0 saturated carbocycles. The van der Waals surface area contributed by atoms with Crippen molar-refractivity contribution in [1.82, 2.24) is 0 Å². The number of para-hydroxylation sites is 1. The minimum absolute atomic E-state index is 0.236. The van der Waals surface area contributed by atoms with Crippen molar-refractivity contribution in [2.24, 2.45) is 0 Å². The summed E-state index contributed by atoms with van der Waals surface area (Å²) >= 11 is 0. The van der Waals surface area contributed by atoms with Crippen LogP contribution in [0.25, 0.3) is 0 Å². The number of esters is 1. The molecule has 1 unspecified atom stereocenters. The van der Waals surface area contributed by atoms with E-state index in [0.29, 0.717) is 12.2 Å². The van der Waals surface area contributed by atoms with Crippen LogP contribution in [-0.2, 0) is 11.2 Å². The Hall–Kier alpha value is -2.16. The molecule has 0 radical (unpaired) electrons. The molecule has 0 saturated heterocycles. The zero-order valence-electron chi connectivity index (χ0n) is 9.60. The molecule has 1 aliphatic heterocycles.